The van der Waals surface area contributed by atoms with Gasteiger partial charge in [-0.25, -0.2) is 4.98 Å². The highest BCUT2D eigenvalue weighted by molar-refractivity contribution is 6.05. The number of nitrogens with zero attached hydrogens (tertiary/aromatic N) is 1. The largest absolute Gasteiger partial charge is 0.347 e. The van der Waals surface area contributed by atoms with Crippen molar-refractivity contribution in [1.29, 1.82) is 0 Å². The number of carbonyl (C=O) groups excluding carboxylic acids is 3. The number of amides is 3. The summed E-state index contributed by atoms with van der Waals surface area (Å²) in [7, 11) is 0. The molecule has 0 radical (unpaired) electrons. The van der Waals surface area contributed by atoms with Crippen LogP contribution in [0, 0.1) is 0 Å². The number of anilines is 2. The first kappa shape index (κ1) is 19.8. The number of nitrogens with one attached hydrogen (secondary N) is 3. The summed E-state index contributed by atoms with van der Waals surface area (Å²) in [6, 6.07) is 21.0. The lowest BCUT2D eigenvalue weighted by molar-refractivity contribution is -0.123. The van der Waals surface area contributed by atoms with Crippen molar-refractivity contribution in [2.24, 2.45) is 0 Å². The number of hydrogen-bond acceptors (Lipinski definition) is 4. The molecule has 0 aliphatic rings. The van der Waals surface area contributed by atoms with Crippen LogP contribution in [0.15, 0.2) is 79.0 Å². The minimum atomic E-state index is -0.381. The highest BCUT2D eigenvalue weighted by Crippen LogP contribution is 2.12. The van der Waals surface area contributed by atoms with Crippen molar-refractivity contribution in [1.82, 2.24) is 10.3 Å². The molecule has 3 N–H and O–H groups in total. The van der Waals surface area contributed by atoms with Crippen LogP contribution in [0.4, 0.5) is 11.5 Å². The Morgan fingerprint density at radius 1 is 0.793 bits per heavy atom. The average Bonchev–Trinajstić information content (AvgIpc) is 2.74. The molecule has 0 atom stereocenters. The second-order valence-corrected chi connectivity index (χ2v) is 6.24. The Balaban J connectivity index is 1.51. The molecule has 1 aromatic heterocycles. The molecule has 3 amide bonds. The summed E-state index contributed by atoms with van der Waals surface area (Å²) in [6.45, 7) is -0.157. The SMILES string of the molecule is O=C(Cc1ccccc1)NCC(=O)Nc1cccc(C(=O)Nc2ccccn2)c1. The van der Waals surface area contributed by atoms with Gasteiger partial charge in [0.25, 0.3) is 5.91 Å². The smallest absolute Gasteiger partial charge is 0.256 e. The minimum absolute atomic E-state index is 0.157. The summed E-state index contributed by atoms with van der Waals surface area (Å²) in [6.07, 6.45) is 1.79. The Hall–Kier alpha value is -4.00. The van der Waals surface area contributed by atoms with Gasteiger partial charge in [-0.15, -0.1) is 0 Å². The highest BCUT2D eigenvalue weighted by Gasteiger charge is 2.10. The number of hydrogen-bond donors (Lipinski definition) is 3. The highest BCUT2D eigenvalue weighted by atomic mass is 16.2. The maximum Gasteiger partial charge on any atom is 0.256 e. The van der Waals surface area contributed by atoms with Gasteiger partial charge in [0.05, 0.1) is 13.0 Å². The Bertz CT molecular complexity index is 991. The van der Waals surface area contributed by atoms with Gasteiger partial charge in [0.15, 0.2) is 0 Å². The van der Waals surface area contributed by atoms with E-state index in [0.717, 1.165) is 5.56 Å². The molecule has 0 fully saturated rings. The summed E-state index contributed by atoms with van der Waals surface area (Å²) in [5.74, 6) is -0.521. The van der Waals surface area contributed by atoms with Crippen LogP contribution in [0.2, 0.25) is 0 Å². The third-order valence-electron chi connectivity index (χ3n) is 3.97. The molecule has 29 heavy (non-hydrogen) atoms. The fourth-order valence-corrected chi connectivity index (χ4v) is 2.59. The third kappa shape index (κ3) is 6.28. The van der Waals surface area contributed by atoms with Crippen LogP contribution in [0.25, 0.3) is 0 Å². The Morgan fingerprint density at radius 2 is 1.59 bits per heavy atom. The lowest BCUT2D eigenvalue weighted by Gasteiger charge is -2.09. The summed E-state index contributed by atoms with van der Waals surface area (Å²) in [5.41, 5.74) is 1.71. The summed E-state index contributed by atoms with van der Waals surface area (Å²) in [4.78, 5) is 40.4. The number of carbonyl (C=O) groups is 3. The van der Waals surface area contributed by atoms with Gasteiger partial charge in [0.1, 0.15) is 5.82 Å². The van der Waals surface area contributed by atoms with E-state index in [-0.39, 0.29) is 30.7 Å². The Morgan fingerprint density at radius 3 is 2.34 bits per heavy atom. The van der Waals surface area contributed by atoms with E-state index in [1.165, 1.54) is 0 Å². The molecule has 146 valence electrons. The fourth-order valence-electron chi connectivity index (χ4n) is 2.59. The molecule has 3 aromatic rings. The normalized spacial score (nSPS) is 10.1. The van der Waals surface area contributed by atoms with Gasteiger partial charge in [-0.3, -0.25) is 14.4 Å². The predicted molar refractivity (Wildman–Crippen MR) is 110 cm³/mol. The molecule has 3 rings (SSSR count). The van der Waals surface area contributed by atoms with E-state index in [1.807, 2.05) is 30.3 Å². The van der Waals surface area contributed by atoms with Crippen molar-refractivity contribution >= 4 is 29.2 Å². The molecular weight excluding hydrogens is 368 g/mol. The molecule has 1 heterocycles. The van der Waals surface area contributed by atoms with Crippen molar-refractivity contribution < 1.29 is 14.4 Å². The first-order valence-electron chi connectivity index (χ1n) is 9.03. The zero-order chi connectivity index (χ0) is 20.5. The number of pyridine rings is 1. The van der Waals surface area contributed by atoms with Crippen LogP contribution >= 0.6 is 0 Å². The molecule has 0 aliphatic heterocycles. The fraction of sp³-hybridized carbons (Fsp3) is 0.0909. The first-order valence-corrected chi connectivity index (χ1v) is 9.03. The van der Waals surface area contributed by atoms with E-state index >= 15 is 0 Å². The van der Waals surface area contributed by atoms with Gasteiger partial charge in [0, 0.05) is 17.4 Å². The van der Waals surface area contributed by atoms with Crippen molar-refractivity contribution in [3.63, 3.8) is 0 Å². The molecule has 0 saturated heterocycles. The molecule has 2 aromatic carbocycles. The Kier molecular flexibility index (Phi) is 6.67. The third-order valence-corrected chi connectivity index (χ3v) is 3.97. The topological polar surface area (TPSA) is 100 Å². The maximum absolute atomic E-state index is 12.3. The number of benzene rings is 2. The van der Waals surface area contributed by atoms with Crippen molar-refractivity contribution in [3.05, 3.63) is 90.1 Å². The zero-order valence-electron chi connectivity index (χ0n) is 15.6. The van der Waals surface area contributed by atoms with Crippen LogP contribution in [-0.2, 0) is 16.0 Å². The molecule has 0 saturated carbocycles. The average molecular weight is 388 g/mol. The van der Waals surface area contributed by atoms with Crippen LogP contribution in [0.1, 0.15) is 15.9 Å². The Labute approximate surface area is 168 Å². The van der Waals surface area contributed by atoms with Crippen molar-refractivity contribution in [2.45, 2.75) is 6.42 Å². The molecule has 0 unspecified atom stereocenters. The lowest BCUT2D eigenvalue weighted by Crippen LogP contribution is -2.33. The van der Waals surface area contributed by atoms with Gasteiger partial charge >= 0.3 is 0 Å². The van der Waals surface area contributed by atoms with Crippen LogP contribution < -0.4 is 16.0 Å². The summed E-state index contributed by atoms with van der Waals surface area (Å²) < 4.78 is 0. The summed E-state index contributed by atoms with van der Waals surface area (Å²) in [5, 5.41) is 7.94. The van der Waals surface area contributed by atoms with Crippen molar-refractivity contribution in [3.8, 4) is 0 Å². The van der Waals surface area contributed by atoms with Crippen LogP contribution in [-0.4, -0.2) is 29.3 Å². The van der Waals surface area contributed by atoms with E-state index < -0.39 is 0 Å². The second kappa shape index (κ2) is 9.80. The van der Waals surface area contributed by atoms with Crippen LogP contribution in [0.3, 0.4) is 0 Å². The van der Waals surface area contributed by atoms with Gasteiger partial charge < -0.3 is 16.0 Å². The van der Waals surface area contributed by atoms with Crippen molar-refractivity contribution in [2.75, 3.05) is 17.2 Å². The molecule has 7 nitrogen and oxygen atoms in total. The minimum Gasteiger partial charge on any atom is -0.347 e. The number of aromatic nitrogens is 1. The molecule has 0 bridgehead atoms. The van der Waals surface area contributed by atoms with E-state index in [9.17, 15) is 14.4 Å². The zero-order valence-corrected chi connectivity index (χ0v) is 15.6. The monoisotopic (exact) mass is 388 g/mol. The maximum atomic E-state index is 12.3. The van der Waals surface area contributed by atoms with E-state index in [0.29, 0.717) is 17.1 Å². The van der Waals surface area contributed by atoms with E-state index in [4.69, 9.17) is 0 Å². The van der Waals surface area contributed by atoms with Gasteiger partial charge in [0.2, 0.25) is 11.8 Å². The summed E-state index contributed by atoms with van der Waals surface area (Å²) >= 11 is 0. The van der Waals surface area contributed by atoms with Gasteiger partial charge in [-0.05, 0) is 35.9 Å². The standard InChI is InChI=1S/C22H20N4O3/c27-20(13-16-7-2-1-3-8-16)24-15-21(28)25-18-10-6-9-17(14-18)22(29)26-19-11-4-5-12-23-19/h1-12,14H,13,15H2,(H,24,27)(H,25,28)(H,23,26,29). The number of rotatable bonds is 7. The quantitative estimate of drug-likeness (QED) is 0.579. The van der Waals surface area contributed by atoms with Crippen LogP contribution in [0.5, 0.6) is 0 Å². The molecule has 0 spiro atoms. The molecular formula is C22H20N4O3. The first-order chi connectivity index (χ1) is 14.1. The predicted octanol–water partition coefficient (Wildman–Crippen LogP) is 2.63. The van der Waals surface area contributed by atoms with Gasteiger partial charge in [-0.1, -0.05) is 42.5 Å². The van der Waals surface area contributed by atoms with E-state index in [1.54, 1.807) is 48.7 Å². The lowest BCUT2D eigenvalue weighted by atomic mass is 10.1. The van der Waals surface area contributed by atoms with E-state index in [2.05, 4.69) is 20.9 Å². The second-order valence-electron chi connectivity index (χ2n) is 6.24. The molecule has 0 aliphatic carbocycles. The molecule has 7 heteroatoms. The van der Waals surface area contributed by atoms with Gasteiger partial charge in [-0.2, -0.15) is 0 Å².